The maximum atomic E-state index is 4.86. The molecule has 0 amide bonds. The maximum absolute atomic E-state index is 4.86. The number of rotatable bonds is 1. The van der Waals surface area contributed by atoms with Gasteiger partial charge >= 0.3 is 0 Å². The first-order chi connectivity index (χ1) is 9.07. The van der Waals surface area contributed by atoms with Crippen LogP contribution in [0.4, 0.5) is 0 Å². The standard InChI is InChI=1S/C16H28N2S/c1-15(2)9-5-13(6-10-15)18-14-17-11-16(12-19-14)7-3-4-8-16/h13H,3-12H2,1-2H3,(H,17,18). The third-order valence-corrected chi connectivity index (χ3v) is 6.68. The Morgan fingerprint density at radius 1 is 1.11 bits per heavy atom. The summed E-state index contributed by atoms with van der Waals surface area (Å²) in [5, 5.41) is 4.95. The maximum Gasteiger partial charge on any atom is 0.156 e. The van der Waals surface area contributed by atoms with Gasteiger partial charge in [-0.2, -0.15) is 0 Å². The molecule has 0 aromatic rings. The number of amidine groups is 1. The van der Waals surface area contributed by atoms with Gasteiger partial charge in [-0.25, -0.2) is 0 Å². The summed E-state index contributed by atoms with van der Waals surface area (Å²) in [5.41, 5.74) is 1.14. The molecule has 0 atom stereocenters. The Hall–Kier alpha value is -0.180. The molecule has 2 nitrogen and oxygen atoms in total. The summed E-state index contributed by atoms with van der Waals surface area (Å²) < 4.78 is 0. The molecule has 2 fully saturated rings. The van der Waals surface area contributed by atoms with Crippen molar-refractivity contribution < 1.29 is 0 Å². The van der Waals surface area contributed by atoms with Crippen molar-refractivity contribution in [3.8, 4) is 0 Å². The normalized spacial score (nSPS) is 30.3. The molecular weight excluding hydrogens is 252 g/mol. The molecule has 3 aliphatic rings. The van der Waals surface area contributed by atoms with Crippen LogP contribution < -0.4 is 5.32 Å². The average molecular weight is 280 g/mol. The second-order valence-electron chi connectivity index (χ2n) is 7.70. The van der Waals surface area contributed by atoms with Gasteiger partial charge in [0.1, 0.15) is 0 Å². The Bertz CT molecular complexity index is 346. The van der Waals surface area contributed by atoms with Crippen LogP contribution in [0.3, 0.4) is 0 Å². The molecule has 1 aliphatic heterocycles. The van der Waals surface area contributed by atoms with Crippen LogP contribution in [-0.2, 0) is 0 Å². The Kier molecular flexibility index (Phi) is 3.85. The van der Waals surface area contributed by atoms with Crippen molar-refractivity contribution >= 4 is 16.9 Å². The van der Waals surface area contributed by atoms with Gasteiger partial charge in [-0.15, -0.1) is 0 Å². The number of hydrogen-bond acceptors (Lipinski definition) is 3. The van der Waals surface area contributed by atoms with E-state index in [1.807, 2.05) is 11.8 Å². The van der Waals surface area contributed by atoms with E-state index >= 15 is 0 Å². The van der Waals surface area contributed by atoms with E-state index in [0.717, 1.165) is 6.54 Å². The summed E-state index contributed by atoms with van der Waals surface area (Å²) >= 11 is 1.99. The lowest BCUT2D eigenvalue weighted by Crippen LogP contribution is -2.41. The van der Waals surface area contributed by atoms with Crippen LogP contribution in [0.2, 0.25) is 0 Å². The molecule has 1 heterocycles. The summed E-state index contributed by atoms with van der Waals surface area (Å²) in [7, 11) is 0. The third-order valence-electron chi connectivity index (χ3n) is 5.40. The van der Waals surface area contributed by atoms with Crippen molar-refractivity contribution in [1.82, 2.24) is 5.32 Å². The SMILES string of the molecule is CC1(C)CCC(NC2=NCC3(CCCC3)CS2)CC1. The highest BCUT2D eigenvalue weighted by molar-refractivity contribution is 8.13. The molecule has 0 aromatic carbocycles. The molecule has 3 rings (SSSR count). The van der Waals surface area contributed by atoms with E-state index in [9.17, 15) is 0 Å². The monoisotopic (exact) mass is 280 g/mol. The van der Waals surface area contributed by atoms with Gasteiger partial charge in [-0.3, -0.25) is 4.99 Å². The molecule has 19 heavy (non-hydrogen) atoms. The number of nitrogens with zero attached hydrogens (tertiary/aromatic N) is 1. The zero-order valence-corrected chi connectivity index (χ0v) is 13.3. The summed E-state index contributed by atoms with van der Waals surface area (Å²) in [5.74, 6) is 1.30. The van der Waals surface area contributed by atoms with Gasteiger partial charge in [0, 0.05) is 18.3 Å². The summed E-state index contributed by atoms with van der Waals surface area (Å²) in [4.78, 5) is 4.86. The van der Waals surface area contributed by atoms with Gasteiger partial charge < -0.3 is 5.32 Å². The molecule has 0 saturated heterocycles. The van der Waals surface area contributed by atoms with Crippen molar-refractivity contribution in [2.45, 2.75) is 71.3 Å². The van der Waals surface area contributed by atoms with E-state index in [1.165, 1.54) is 62.3 Å². The minimum absolute atomic E-state index is 0.563. The van der Waals surface area contributed by atoms with Gasteiger partial charge in [0.25, 0.3) is 0 Å². The second kappa shape index (κ2) is 5.31. The highest BCUT2D eigenvalue weighted by Crippen LogP contribution is 2.43. The Balaban J connectivity index is 1.50. The van der Waals surface area contributed by atoms with Crippen LogP contribution in [0.1, 0.15) is 65.2 Å². The lowest BCUT2D eigenvalue weighted by molar-refractivity contribution is 0.217. The van der Waals surface area contributed by atoms with E-state index in [0.29, 0.717) is 16.9 Å². The first-order valence-corrected chi connectivity index (χ1v) is 8.99. The van der Waals surface area contributed by atoms with Crippen LogP contribution in [0, 0.1) is 10.8 Å². The molecule has 0 radical (unpaired) electrons. The van der Waals surface area contributed by atoms with E-state index in [4.69, 9.17) is 4.99 Å². The zero-order valence-electron chi connectivity index (χ0n) is 12.5. The number of hydrogen-bond donors (Lipinski definition) is 1. The molecule has 2 aliphatic carbocycles. The highest BCUT2D eigenvalue weighted by atomic mass is 32.2. The highest BCUT2D eigenvalue weighted by Gasteiger charge is 2.37. The fraction of sp³-hybridized carbons (Fsp3) is 0.938. The minimum Gasteiger partial charge on any atom is -0.362 e. The first kappa shape index (κ1) is 13.8. The van der Waals surface area contributed by atoms with Gasteiger partial charge in [-0.05, 0) is 49.4 Å². The van der Waals surface area contributed by atoms with Crippen molar-refractivity contribution in [2.24, 2.45) is 15.8 Å². The second-order valence-corrected chi connectivity index (χ2v) is 8.66. The lowest BCUT2D eigenvalue weighted by Gasteiger charge is -2.37. The van der Waals surface area contributed by atoms with Crippen LogP contribution in [-0.4, -0.2) is 23.5 Å². The number of nitrogens with one attached hydrogen (secondary N) is 1. The van der Waals surface area contributed by atoms with E-state index in [1.54, 1.807) is 0 Å². The average Bonchev–Trinajstić information content (AvgIpc) is 2.84. The Morgan fingerprint density at radius 3 is 2.37 bits per heavy atom. The topological polar surface area (TPSA) is 24.4 Å². The lowest BCUT2D eigenvalue weighted by atomic mass is 9.76. The molecular formula is C16H28N2S. The minimum atomic E-state index is 0.563. The third kappa shape index (κ3) is 3.29. The summed E-state index contributed by atoms with van der Waals surface area (Å²) in [6.45, 7) is 5.89. The first-order valence-electron chi connectivity index (χ1n) is 8.01. The molecule has 108 valence electrons. The van der Waals surface area contributed by atoms with E-state index in [2.05, 4.69) is 19.2 Å². The summed E-state index contributed by atoms with van der Waals surface area (Å²) in [6, 6.07) is 0.678. The van der Waals surface area contributed by atoms with Crippen molar-refractivity contribution in [3.05, 3.63) is 0 Å². The number of aliphatic imine (C=N–C) groups is 1. The number of thioether (sulfide) groups is 1. The quantitative estimate of drug-likeness (QED) is 0.778. The zero-order chi connectivity index (χ0) is 13.3. The van der Waals surface area contributed by atoms with Gasteiger partial charge in [-0.1, -0.05) is 38.5 Å². The van der Waals surface area contributed by atoms with Gasteiger partial charge in [0.15, 0.2) is 5.17 Å². The molecule has 1 N–H and O–H groups in total. The van der Waals surface area contributed by atoms with E-state index in [-0.39, 0.29) is 0 Å². The predicted octanol–water partition coefficient (Wildman–Crippen LogP) is 4.21. The van der Waals surface area contributed by atoms with Gasteiger partial charge in [0.05, 0.1) is 0 Å². The Morgan fingerprint density at radius 2 is 1.79 bits per heavy atom. The molecule has 3 heteroatoms. The predicted molar refractivity (Wildman–Crippen MR) is 84.8 cm³/mol. The van der Waals surface area contributed by atoms with E-state index < -0.39 is 0 Å². The largest absolute Gasteiger partial charge is 0.362 e. The summed E-state index contributed by atoms with van der Waals surface area (Å²) in [6.07, 6.45) is 11.0. The fourth-order valence-corrected chi connectivity index (χ4v) is 5.01. The van der Waals surface area contributed by atoms with Crippen LogP contribution in [0.5, 0.6) is 0 Å². The fourth-order valence-electron chi connectivity index (χ4n) is 3.79. The van der Waals surface area contributed by atoms with Crippen LogP contribution in [0.25, 0.3) is 0 Å². The van der Waals surface area contributed by atoms with Crippen molar-refractivity contribution in [2.75, 3.05) is 12.3 Å². The van der Waals surface area contributed by atoms with Crippen molar-refractivity contribution in [1.29, 1.82) is 0 Å². The molecule has 0 aromatic heterocycles. The molecule has 2 saturated carbocycles. The molecule has 1 spiro atoms. The molecule has 0 bridgehead atoms. The smallest absolute Gasteiger partial charge is 0.156 e. The van der Waals surface area contributed by atoms with Crippen LogP contribution in [0.15, 0.2) is 4.99 Å². The van der Waals surface area contributed by atoms with Crippen LogP contribution >= 0.6 is 11.8 Å². The van der Waals surface area contributed by atoms with Crippen molar-refractivity contribution in [3.63, 3.8) is 0 Å². The molecule has 0 unspecified atom stereocenters. The Labute approximate surface area is 122 Å². The van der Waals surface area contributed by atoms with Gasteiger partial charge in [0.2, 0.25) is 0 Å².